The fraction of sp³-hybridized carbons (Fsp3) is 0.231. The molecule has 0 aliphatic rings. The van der Waals surface area contributed by atoms with E-state index in [1.807, 2.05) is 6.20 Å². The van der Waals surface area contributed by atoms with Crippen molar-refractivity contribution in [2.45, 2.75) is 19.9 Å². The fourth-order valence-electron chi connectivity index (χ4n) is 1.66. The van der Waals surface area contributed by atoms with Crippen LogP contribution >= 0.6 is 0 Å². The van der Waals surface area contributed by atoms with Crippen LogP contribution in [0, 0.1) is 0 Å². The molecule has 0 spiro atoms. The molecule has 1 heterocycles. The van der Waals surface area contributed by atoms with Crippen molar-refractivity contribution in [1.29, 1.82) is 0 Å². The van der Waals surface area contributed by atoms with Crippen molar-refractivity contribution < 1.29 is 0 Å². The van der Waals surface area contributed by atoms with Crippen molar-refractivity contribution in [2.75, 3.05) is 0 Å². The first-order chi connectivity index (χ1) is 7.33. The van der Waals surface area contributed by atoms with E-state index in [0.29, 0.717) is 6.54 Å². The van der Waals surface area contributed by atoms with Gasteiger partial charge in [0.2, 0.25) is 0 Å². The van der Waals surface area contributed by atoms with Crippen molar-refractivity contribution in [3.8, 4) is 11.1 Å². The molecule has 1 aromatic heterocycles. The highest BCUT2D eigenvalue weighted by Crippen LogP contribution is 2.20. The highest BCUT2D eigenvalue weighted by atomic mass is 14.7. The number of nitrogens with one attached hydrogen (secondary N) is 1. The predicted molar refractivity (Wildman–Crippen MR) is 63.5 cm³/mol. The summed E-state index contributed by atoms with van der Waals surface area (Å²) >= 11 is 0. The second-order valence-electron chi connectivity index (χ2n) is 3.67. The molecule has 2 nitrogen and oxygen atoms in total. The Morgan fingerprint density at radius 2 is 1.87 bits per heavy atom. The second kappa shape index (κ2) is 4.32. The van der Waals surface area contributed by atoms with E-state index in [4.69, 9.17) is 5.73 Å². The third kappa shape index (κ3) is 2.10. The van der Waals surface area contributed by atoms with Crippen LogP contribution in [0.25, 0.3) is 11.1 Å². The maximum Gasteiger partial charge on any atom is 0.0332 e. The smallest absolute Gasteiger partial charge is 0.0332 e. The molecule has 0 aliphatic heterocycles. The summed E-state index contributed by atoms with van der Waals surface area (Å²) in [4.78, 5) is 3.16. The molecule has 0 aliphatic carbocycles. The molecule has 0 fully saturated rings. The van der Waals surface area contributed by atoms with E-state index < -0.39 is 0 Å². The van der Waals surface area contributed by atoms with Crippen LogP contribution in [0.3, 0.4) is 0 Å². The number of aromatic nitrogens is 1. The van der Waals surface area contributed by atoms with Crippen LogP contribution in [0.15, 0.2) is 36.5 Å². The molecule has 0 amide bonds. The summed E-state index contributed by atoms with van der Waals surface area (Å²) < 4.78 is 0. The summed E-state index contributed by atoms with van der Waals surface area (Å²) in [5.41, 5.74) is 10.4. The van der Waals surface area contributed by atoms with E-state index in [0.717, 1.165) is 12.1 Å². The molecule has 0 unspecified atom stereocenters. The number of benzene rings is 1. The van der Waals surface area contributed by atoms with Crippen LogP contribution in [-0.2, 0) is 13.0 Å². The van der Waals surface area contributed by atoms with Gasteiger partial charge in [-0.05, 0) is 29.2 Å². The van der Waals surface area contributed by atoms with E-state index in [1.54, 1.807) is 0 Å². The molecule has 0 bridgehead atoms. The highest BCUT2D eigenvalue weighted by Gasteiger charge is 2.00. The number of hydrogen-bond donors (Lipinski definition) is 2. The van der Waals surface area contributed by atoms with Gasteiger partial charge in [0.15, 0.2) is 0 Å². The van der Waals surface area contributed by atoms with Crippen molar-refractivity contribution in [3.63, 3.8) is 0 Å². The van der Waals surface area contributed by atoms with Crippen LogP contribution in [0.4, 0.5) is 0 Å². The first-order valence-corrected chi connectivity index (χ1v) is 5.30. The molecule has 2 heteroatoms. The minimum Gasteiger partial charge on any atom is -0.363 e. The molecule has 2 aromatic rings. The second-order valence-corrected chi connectivity index (χ2v) is 3.67. The van der Waals surface area contributed by atoms with Crippen molar-refractivity contribution >= 4 is 0 Å². The van der Waals surface area contributed by atoms with Crippen molar-refractivity contribution in [1.82, 2.24) is 4.98 Å². The molecule has 0 atom stereocenters. The minimum absolute atomic E-state index is 0.563. The Labute approximate surface area is 90.1 Å². The molecule has 3 N–H and O–H groups in total. The quantitative estimate of drug-likeness (QED) is 0.786. The molecule has 0 radical (unpaired) electrons. The van der Waals surface area contributed by atoms with Gasteiger partial charge in [0, 0.05) is 18.4 Å². The first-order valence-electron chi connectivity index (χ1n) is 5.30. The Balaban J connectivity index is 2.28. The Kier molecular flexibility index (Phi) is 2.88. The van der Waals surface area contributed by atoms with E-state index in [9.17, 15) is 0 Å². The molecule has 2 rings (SSSR count). The zero-order chi connectivity index (χ0) is 10.7. The number of nitrogens with two attached hydrogens (primary N) is 1. The summed E-state index contributed by atoms with van der Waals surface area (Å²) in [5.74, 6) is 0. The lowest BCUT2D eigenvalue weighted by Gasteiger charge is -1.99. The number of hydrogen-bond acceptors (Lipinski definition) is 1. The Bertz CT molecular complexity index is 426. The van der Waals surface area contributed by atoms with Gasteiger partial charge in [-0.1, -0.05) is 31.2 Å². The van der Waals surface area contributed by atoms with Crippen molar-refractivity contribution in [2.24, 2.45) is 5.73 Å². The zero-order valence-electron chi connectivity index (χ0n) is 8.96. The SMILES string of the molecule is CCc1ccc(-c2c[nH]c(CN)c2)cc1. The van der Waals surface area contributed by atoms with Crippen LogP contribution in [0.5, 0.6) is 0 Å². The van der Waals surface area contributed by atoms with Gasteiger partial charge in [-0.25, -0.2) is 0 Å². The highest BCUT2D eigenvalue weighted by molar-refractivity contribution is 5.63. The lowest BCUT2D eigenvalue weighted by molar-refractivity contribution is 1.01. The topological polar surface area (TPSA) is 41.8 Å². The van der Waals surface area contributed by atoms with Gasteiger partial charge in [0.05, 0.1) is 0 Å². The standard InChI is InChI=1S/C13H16N2/c1-2-10-3-5-11(6-4-10)12-7-13(8-14)15-9-12/h3-7,9,15H,2,8,14H2,1H3. The van der Waals surface area contributed by atoms with Gasteiger partial charge in [0.1, 0.15) is 0 Å². The summed E-state index contributed by atoms with van der Waals surface area (Å²) in [6.45, 7) is 2.73. The lowest BCUT2D eigenvalue weighted by Crippen LogP contribution is -1.94. The minimum atomic E-state index is 0.563. The van der Waals surface area contributed by atoms with Gasteiger partial charge in [-0.3, -0.25) is 0 Å². The average molecular weight is 200 g/mol. The number of aryl methyl sites for hydroxylation is 1. The largest absolute Gasteiger partial charge is 0.363 e. The number of rotatable bonds is 3. The Hall–Kier alpha value is -1.54. The van der Waals surface area contributed by atoms with Gasteiger partial charge in [-0.2, -0.15) is 0 Å². The number of H-pyrrole nitrogens is 1. The van der Waals surface area contributed by atoms with Crippen LogP contribution in [0.1, 0.15) is 18.2 Å². The van der Waals surface area contributed by atoms with Gasteiger partial charge < -0.3 is 10.7 Å². The molecule has 78 valence electrons. The zero-order valence-corrected chi connectivity index (χ0v) is 8.96. The van der Waals surface area contributed by atoms with Crippen molar-refractivity contribution in [3.05, 3.63) is 47.8 Å². The molecular formula is C13H16N2. The van der Waals surface area contributed by atoms with E-state index in [-0.39, 0.29) is 0 Å². The summed E-state index contributed by atoms with van der Waals surface area (Å²) in [5, 5.41) is 0. The van der Waals surface area contributed by atoms with Gasteiger partial charge in [-0.15, -0.1) is 0 Å². The first kappa shape index (κ1) is 9.99. The summed E-state index contributed by atoms with van der Waals surface area (Å²) in [7, 11) is 0. The third-order valence-electron chi connectivity index (χ3n) is 2.66. The fourth-order valence-corrected chi connectivity index (χ4v) is 1.66. The maximum absolute atomic E-state index is 5.56. The monoisotopic (exact) mass is 200 g/mol. The summed E-state index contributed by atoms with van der Waals surface area (Å²) in [6.07, 6.45) is 3.09. The van der Waals surface area contributed by atoms with Crippen LogP contribution in [0.2, 0.25) is 0 Å². The average Bonchev–Trinajstić information content (AvgIpc) is 2.78. The predicted octanol–water partition coefficient (Wildman–Crippen LogP) is 2.70. The van der Waals surface area contributed by atoms with Gasteiger partial charge >= 0.3 is 0 Å². The Morgan fingerprint density at radius 3 is 2.40 bits per heavy atom. The lowest BCUT2D eigenvalue weighted by atomic mass is 10.1. The molecule has 0 saturated heterocycles. The van der Waals surface area contributed by atoms with E-state index in [1.165, 1.54) is 16.7 Å². The van der Waals surface area contributed by atoms with Crippen LogP contribution < -0.4 is 5.73 Å². The molecule has 1 aromatic carbocycles. The normalized spacial score (nSPS) is 10.5. The maximum atomic E-state index is 5.56. The van der Waals surface area contributed by atoms with Gasteiger partial charge in [0.25, 0.3) is 0 Å². The third-order valence-corrected chi connectivity index (χ3v) is 2.66. The molecule has 15 heavy (non-hydrogen) atoms. The molecular weight excluding hydrogens is 184 g/mol. The van der Waals surface area contributed by atoms with Crippen LogP contribution in [-0.4, -0.2) is 4.98 Å². The number of aromatic amines is 1. The summed E-state index contributed by atoms with van der Waals surface area (Å²) in [6, 6.07) is 10.8. The molecule has 0 saturated carbocycles. The van der Waals surface area contributed by atoms with E-state index >= 15 is 0 Å². The van der Waals surface area contributed by atoms with E-state index in [2.05, 4.69) is 42.2 Å². The Morgan fingerprint density at radius 1 is 1.13 bits per heavy atom.